The minimum atomic E-state index is -3.44. The van der Waals surface area contributed by atoms with Gasteiger partial charge in [-0.1, -0.05) is 0 Å². The van der Waals surface area contributed by atoms with Gasteiger partial charge in [0.15, 0.2) is 0 Å². The van der Waals surface area contributed by atoms with Crippen molar-refractivity contribution in [3.05, 3.63) is 16.5 Å². The molecular formula is C14H24N2O3S2. The van der Waals surface area contributed by atoms with E-state index in [4.69, 9.17) is 4.74 Å². The fourth-order valence-electron chi connectivity index (χ4n) is 2.66. The second kappa shape index (κ2) is 5.96. The van der Waals surface area contributed by atoms with E-state index in [1.54, 1.807) is 10.4 Å². The molecule has 0 spiro atoms. The number of nitrogens with zero attached hydrogens (tertiary/aromatic N) is 1. The number of aryl methyl sites for hydroxylation is 1. The molecule has 120 valence electrons. The van der Waals surface area contributed by atoms with E-state index in [0.717, 1.165) is 10.4 Å². The van der Waals surface area contributed by atoms with Gasteiger partial charge in [0.2, 0.25) is 0 Å². The van der Waals surface area contributed by atoms with E-state index in [-0.39, 0.29) is 6.10 Å². The van der Waals surface area contributed by atoms with Gasteiger partial charge in [-0.15, -0.1) is 11.3 Å². The van der Waals surface area contributed by atoms with Gasteiger partial charge in [0.05, 0.1) is 11.7 Å². The Morgan fingerprint density at radius 3 is 2.76 bits per heavy atom. The van der Waals surface area contributed by atoms with Crippen LogP contribution in [0.4, 0.5) is 0 Å². The summed E-state index contributed by atoms with van der Waals surface area (Å²) in [5.41, 5.74) is 0.568. The molecule has 1 unspecified atom stereocenters. The lowest BCUT2D eigenvalue weighted by Gasteiger charge is -2.40. The van der Waals surface area contributed by atoms with Crippen LogP contribution in [0.3, 0.4) is 0 Å². The molecule has 0 aromatic carbocycles. The van der Waals surface area contributed by atoms with Gasteiger partial charge in [-0.3, -0.25) is 0 Å². The van der Waals surface area contributed by atoms with E-state index < -0.39 is 15.6 Å². The van der Waals surface area contributed by atoms with Gasteiger partial charge >= 0.3 is 0 Å². The summed E-state index contributed by atoms with van der Waals surface area (Å²) in [5, 5.41) is 3.07. The molecule has 0 saturated carbocycles. The second-order valence-corrected chi connectivity index (χ2v) is 9.49. The van der Waals surface area contributed by atoms with Crippen LogP contribution >= 0.6 is 11.3 Å². The van der Waals surface area contributed by atoms with Crippen molar-refractivity contribution >= 4 is 21.4 Å². The predicted molar refractivity (Wildman–Crippen MR) is 85.2 cm³/mol. The maximum absolute atomic E-state index is 12.9. The fraction of sp³-hybridized carbons (Fsp3) is 0.714. The molecule has 2 heterocycles. The molecule has 0 amide bonds. The van der Waals surface area contributed by atoms with Crippen LogP contribution < -0.4 is 5.32 Å². The molecule has 1 aromatic heterocycles. The van der Waals surface area contributed by atoms with Crippen molar-refractivity contribution in [3.63, 3.8) is 0 Å². The Labute approximate surface area is 131 Å². The first-order valence-corrected chi connectivity index (χ1v) is 9.33. The summed E-state index contributed by atoms with van der Waals surface area (Å²) >= 11 is 1.35. The highest BCUT2D eigenvalue weighted by atomic mass is 32.2. The number of sulfonamides is 1. The lowest BCUT2D eigenvalue weighted by atomic mass is 10.1. The summed E-state index contributed by atoms with van der Waals surface area (Å²) in [6, 6.07) is 1.78. The first-order chi connectivity index (χ1) is 9.65. The smallest absolute Gasteiger partial charge is 0.252 e. The van der Waals surface area contributed by atoms with E-state index in [1.807, 2.05) is 34.7 Å². The molecule has 2 rings (SSSR count). The van der Waals surface area contributed by atoms with E-state index in [9.17, 15) is 8.42 Å². The SMILES string of the molecule is CNCc1sc(S(=O)(=O)N2CC(C)OC(C)(C)C2)cc1C. The Kier molecular flexibility index (Phi) is 4.80. The standard InChI is InChI=1S/C14H24N2O3S2/c1-10-6-13(20-12(10)7-15-5)21(17,18)16-8-11(2)19-14(3,4)9-16/h6,11,15H,7-9H2,1-5H3. The molecule has 1 saturated heterocycles. The van der Waals surface area contributed by atoms with Crippen molar-refractivity contribution in [1.82, 2.24) is 9.62 Å². The topological polar surface area (TPSA) is 58.6 Å². The molecule has 1 aromatic rings. The molecule has 0 bridgehead atoms. The predicted octanol–water partition coefficient (Wildman–Crippen LogP) is 1.96. The zero-order valence-corrected chi connectivity index (χ0v) is 14.9. The third-order valence-corrected chi connectivity index (χ3v) is 6.97. The molecule has 0 radical (unpaired) electrons. The van der Waals surface area contributed by atoms with Gasteiger partial charge in [0, 0.05) is 24.5 Å². The lowest BCUT2D eigenvalue weighted by molar-refractivity contribution is -0.109. The Balaban J connectivity index is 2.31. The van der Waals surface area contributed by atoms with Gasteiger partial charge < -0.3 is 10.1 Å². The number of ether oxygens (including phenoxy) is 1. The number of hydrogen-bond acceptors (Lipinski definition) is 5. The van der Waals surface area contributed by atoms with Crippen molar-refractivity contribution < 1.29 is 13.2 Å². The third-order valence-electron chi connectivity index (χ3n) is 3.47. The Bertz CT molecular complexity index is 608. The summed E-state index contributed by atoms with van der Waals surface area (Å²) in [7, 11) is -1.58. The normalized spacial score (nSPS) is 23.4. The minimum absolute atomic E-state index is 0.0960. The van der Waals surface area contributed by atoms with Crippen molar-refractivity contribution in [3.8, 4) is 0 Å². The molecular weight excluding hydrogens is 308 g/mol. The largest absolute Gasteiger partial charge is 0.370 e. The average Bonchev–Trinajstić information content (AvgIpc) is 2.69. The quantitative estimate of drug-likeness (QED) is 0.916. The second-order valence-electron chi connectivity index (χ2n) is 6.19. The van der Waals surface area contributed by atoms with Gasteiger partial charge in [0.25, 0.3) is 10.0 Å². The van der Waals surface area contributed by atoms with Crippen LogP contribution in [0.15, 0.2) is 10.3 Å². The van der Waals surface area contributed by atoms with Crippen LogP contribution in [0.1, 0.15) is 31.2 Å². The summed E-state index contributed by atoms with van der Waals surface area (Å²) in [5.74, 6) is 0. The van der Waals surface area contributed by atoms with Crippen molar-refractivity contribution in [2.75, 3.05) is 20.1 Å². The van der Waals surface area contributed by atoms with Crippen LogP contribution in [-0.2, 0) is 21.3 Å². The van der Waals surface area contributed by atoms with Crippen molar-refractivity contribution in [1.29, 1.82) is 0 Å². The molecule has 0 aliphatic carbocycles. The number of morpholine rings is 1. The van der Waals surface area contributed by atoms with Gasteiger partial charge in [-0.25, -0.2) is 8.42 Å². The molecule has 1 fully saturated rings. The van der Waals surface area contributed by atoms with Crippen LogP contribution in [0.25, 0.3) is 0 Å². The van der Waals surface area contributed by atoms with Crippen molar-refractivity contribution in [2.45, 2.75) is 50.2 Å². The zero-order valence-electron chi connectivity index (χ0n) is 13.3. The maximum Gasteiger partial charge on any atom is 0.252 e. The number of hydrogen-bond donors (Lipinski definition) is 1. The Hall–Kier alpha value is -0.470. The number of nitrogens with one attached hydrogen (secondary N) is 1. The van der Waals surface area contributed by atoms with Crippen LogP contribution in [-0.4, -0.2) is 44.6 Å². The van der Waals surface area contributed by atoms with E-state index in [1.165, 1.54) is 11.3 Å². The fourth-order valence-corrected chi connectivity index (χ4v) is 6.08. The average molecular weight is 332 g/mol. The van der Waals surface area contributed by atoms with Gasteiger partial charge in [0.1, 0.15) is 4.21 Å². The molecule has 1 N–H and O–H groups in total. The highest BCUT2D eigenvalue weighted by Gasteiger charge is 2.38. The first-order valence-electron chi connectivity index (χ1n) is 7.07. The number of rotatable bonds is 4. The van der Waals surface area contributed by atoms with Crippen LogP contribution in [0.5, 0.6) is 0 Å². The molecule has 1 aliphatic rings. The van der Waals surface area contributed by atoms with Gasteiger partial charge in [-0.05, 0) is 46.4 Å². The summed E-state index contributed by atoms with van der Waals surface area (Å²) < 4.78 is 33.5. The van der Waals surface area contributed by atoms with E-state index in [0.29, 0.717) is 23.8 Å². The van der Waals surface area contributed by atoms with Crippen LogP contribution in [0.2, 0.25) is 0 Å². The molecule has 21 heavy (non-hydrogen) atoms. The highest BCUT2D eigenvalue weighted by molar-refractivity contribution is 7.91. The maximum atomic E-state index is 12.9. The summed E-state index contributed by atoms with van der Waals surface area (Å²) in [4.78, 5) is 1.07. The molecule has 1 atom stereocenters. The highest BCUT2D eigenvalue weighted by Crippen LogP contribution is 2.31. The summed E-state index contributed by atoms with van der Waals surface area (Å²) in [6.45, 7) is 9.21. The molecule has 1 aliphatic heterocycles. The Morgan fingerprint density at radius 1 is 1.52 bits per heavy atom. The zero-order chi connectivity index (χ0) is 15.8. The number of thiophene rings is 1. The lowest BCUT2D eigenvalue weighted by Crippen LogP contribution is -2.53. The monoisotopic (exact) mass is 332 g/mol. The van der Waals surface area contributed by atoms with Gasteiger partial charge in [-0.2, -0.15) is 4.31 Å². The van der Waals surface area contributed by atoms with E-state index >= 15 is 0 Å². The molecule has 7 heteroatoms. The minimum Gasteiger partial charge on any atom is -0.370 e. The summed E-state index contributed by atoms with van der Waals surface area (Å²) in [6.07, 6.45) is -0.0960. The third kappa shape index (κ3) is 3.65. The van der Waals surface area contributed by atoms with E-state index in [2.05, 4.69) is 5.32 Å². The molecule has 5 nitrogen and oxygen atoms in total. The Morgan fingerprint density at radius 2 is 2.19 bits per heavy atom. The first kappa shape index (κ1) is 16.9. The van der Waals surface area contributed by atoms with Crippen molar-refractivity contribution in [2.24, 2.45) is 0 Å². The van der Waals surface area contributed by atoms with Crippen LogP contribution in [0, 0.1) is 6.92 Å².